The largest absolute Gasteiger partial charge is 0.548 e. The van der Waals surface area contributed by atoms with Crippen LogP contribution in [0.25, 0.3) is 11.0 Å². The minimum Gasteiger partial charge on any atom is -0.548 e. The number of anilines is 1. The number of rotatable bonds is 2. The highest BCUT2D eigenvalue weighted by molar-refractivity contribution is 6.16. The number of carboxylic acids is 1. The molecule has 0 bridgehead atoms. The molecule has 152 valence electrons. The second-order valence-electron chi connectivity index (χ2n) is 7.07. The smallest absolute Gasteiger partial charge is 0.345 e. The van der Waals surface area contributed by atoms with Crippen molar-refractivity contribution in [3.63, 3.8) is 0 Å². The number of carbonyl (C=O) groups excluding carboxylic acids is 2. The summed E-state index contributed by atoms with van der Waals surface area (Å²) in [7, 11) is 0. The first-order valence-corrected chi connectivity index (χ1v) is 9.17. The highest BCUT2D eigenvalue weighted by atomic mass is 16.5. The molecule has 1 aromatic heterocycles. The Bertz CT molecular complexity index is 1450. The Morgan fingerprint density at radius 3 is 2.61 bits per heavy atom. The normalized spacial score (nSPS) is 19.2. The number of nitrogens with zero attached hydrogens (tertiary/aromatic N) is 2. The molecule has 0 saturated heterocycles. The molecule has 1 atom stereocenters. The Morgan fingerprint density at radius 2 is 1.87 bits per heavy atom. The van der Waals surface area contributed by atoms with Gasteiger partial charge in [0.2, 0.25) is 11.8 Å². The van der Waals surface area contributed by atoms with Gasteiger partial charge in [0.15, 0.2) is 11.2 Å². The van der Waals surface area contributed by atoms with E-state index in [2.05, 4.69) is 0 Å². The average Bonchev–Trinajstić information content (AvgIpc) is 2.97. The van der Waals surface area contributed by atoms with Gasteiger partial charge in [-0.25, -0.2) is 4.79 Å². The van der Waals surface area contributed by atoms with Crippen LogP contribution in [0.2, 0.25) is 0 Å². The van der Waals surface area contributed by atoms with Crippen LogP contribution >= 0.6 is 0 Å². The van der Waals surface area contributed by atoms with E-state index in [4.69, 9.17) is 14.9 Å². The monoisotopic (exact) mass is 414 g/mol. The SMILES string of the molecule is N#CC1=C(N)Oc2c(c(=O)oc3ccccc23)C12C(=O)N(CC(=O)[O-])c1ccccc12. The van der Waals surface area contributed by atoms with E-state index in [-0.39, 0.29) is 39.6 Å². The van der Waals surface area contributed by atoms with Gasteiger partial charge in [0, 0.05) is 11.3 Å². The molecular weight excluding hydrogens is 402 g/mol. The second-order valence-corrected chi connectivity index (χ2v) is 7.07. The molecule has 1 spiro atoms. The lowest BCUT2D eigenvalue weighted by atomic mass is 9.69. The zero-order valence-corrected chi connectivity index (χ0v) is 15.7. The van der Waals surface area contributed by atoms with Gasteiger partial charge in [-0.05, 0) is 18.2 Å². The maximum Gasteiger partial charge on any atom is 0.345 e. The van der Waals surface area contributed by atoms with Crippen LogP contribution in [0.5, 0.6) is 5.75 Å². The number of hydrogen-bond donors (Lipinski definition) is 1. The summed E-state index contributed by atoms with van der Waals surface area (Å²) in [4.78, 5) is 39.3. The Hall–Kier alpha value is -4.58. The van der Waals surface area contributed by atoms with Crippen molar-refractivity contribution in [2.75, 3.05) is 11.4 Å². The molecular formula is C22H12N3O6-. The maximum absolute atomic E-state index is 13.8. The van der Waals surface area contributed by atoms with E-state index in [0.29, 0.717) is 5.39 Å². The number of carboxylic acid groups (broad SMARTS) is 1. The molecule has 1 amide bonds. The van der Waals surface area contributed by atoms with E-state index in [1.54, 1.807) is 36.4 Å². The van der Waals surface area contributed by atoms with E-state index in [1.165, 1.54) is 12.1 Å². The molecule has 5 rings (SSSR count). The first-order chi connectivity index (χ1) is 14.9. The number of para-hydroxylation sites is 2. The summed E-state index contributed by atoms with van der Waals surface area (Å²) in [6.07, 6.45) is 0. The van der Waals surface area contributed by atoms with Gasteiger partial charge in [-0.15, -0.1) is 0 Å². The molecule has 0 radical (unpaired) electrons. The van der Waals surface area contributed by atoms with Crippen molar-refractivity contribution in [1.82, 2.24) is 0 Å². The zero-order chi connectivity index (χ0) is 21.9. The van der Waals surface area contributed by atoms with Crippen LogP contribution in [0.15, 0.2) is 69.2 Å². The van der Waals surface area contributed by atoms with Gasteiger partial charge in [-0.1, -0.05) is 30.3 Å². The fourth-order valence-corrected chi connectivity index (χ4v) is 4.38. The number of hydrogen-bond acceptors (Lipinski definition) is 8. The molecule has 9 nitrogen and oxygen atoms in total. The summed E-state index contributed by atoms with van der Waals surface area (Å²) in [6.45, 7) is -0.773. The molecule has 1 unspecified atom stereocenters. The standard InChI is InChI=1S/C22H13N3O6/c23-9-13-19(24)31-18-11-5-1-4-8-15(11)30-20(28)17(18)22(13)12-6-2-3-7-14(12)25(21(22)29)10-16(26)27/h1-8H,10,24H2,(H,26,27)/p-1. The minimum atomic E-state index is -2.01. The number of nitriles is 1. The number of fused-ring (bicyclic) bond motifs is 6. The Morgan fingerprint density at radius 1 is 1.16 bits per heavy atom. The molecule has 0 aliphatic carbocycles. The van der Waals surface area contributed by atoms with E-state index < -0.39 is 29.5 Å². The van der Waals surface area contributed by atoms with E-state index >= 15 is 0 Å². The minimum absolute atomic E-state index is 0.0122. The van der Waals surface area contributed by atoms with Gasteiger partial charge in [-0.2, -0.15) is 5.26 Å². The third-order valence-corrected chi connectivity index (χ3v) is 5.54. The van der Waals surface area contributed by atoms with Crippen LogP contribution in [0.1, 0.15) is 11.1 Å². The van der Waals surface area contributed by atoms with Crippen molar-refractivity contribution in [2.24, 2.45) is 5.73 Å². The average molecular weight is 414 g/mol. The number of benzene rings is 2. The number of carbonyl (C=O) groups is 2. The van der Waals surface area contributed by atoms with Crippen molar-refractivity contribution in [3.8, 4) is 11.8 Å². The molecule has 3 aromatic rings. The lowest BCUT2D eigenvalue weighted by Gasteiger charge is -2.33. The van der Waals surface area contributed by atoms with Crippen LogP contribution in [-0.2, 0) is 15.0 Å². The molecule has 31 heavy (non-hydrogen) atoms. The molecule has 2 aliphatic heterocycles. The summed E-state index contributed by atoms with van der Waals surface area (Å²) in [6, 6.07) is 14.7. The van der Waals surface area contributed by atoms with Gasteiger partial charge in [0.25, 0.3) is 0 Å². The van der Waals surface area contributed by atoms with E-state index in [9.17, 15) is 24.8 Å². The Balaban J connectivity index is 1.97. The fourth-order valence-electron chi connectivity index (χ4n) is 4.38. The molecule has 0 saturated carbocycles. The summed E-state index contributed by atoms with van der Waals surface area (Å²) in [5.41, 5.74) is 3.27. The predicted octanol–water partition coefficient (Wildman–Crippen LogP) is 0.262. The summed E-state index contributed by atoms with van der Waals surface area (Å²) < 4.78 is 11.1. The predicted molar refractivity (Wildman–Crippen MR) is 105 cm³/mol. The first-order valence-electron chi connectivity index (χ1n) is 9.17. The summed E-state index contributed by atoms with van der Waals surface area (Å²) in [5, 5.41) is 21.7. The molecule has 2 aliphatic rings. The summed E-state index contributed by atoms with van der Waals surface area (Å²) in [5.74, 6) is -2.70. The van der Waals surface area contributed by atoms with Crippen molar-refractivity contribution >= 4 is 28.5 Å². The van der Waals surface area contributed by atoms with Crippen LogP contribution in [0, 0.1) is 11.3 Å². The van der Waals surface area contributed by atoms with Crippen LogP contribution in [-0.4, -0.2) is 18.4 Å². The van der Waals surface area contributed by atoms with Crippen LogP contribution in [0.4, 0.5) is 5.69 Å². The van der Waals surface area contributed by atoms with Gasteiger partial charge in [0.1, 0.15) is 22.8 Å². The lowest BCUT2D eigenvalue weighted by Crippen LogP contribution is -2.50. The Kier molecular flexibility index (Phi) is 3.69. The van der Waals surface area contributed by atoms with Crippen molar-refractivity contribution in [1.29, 1.82) is 5.26 Å². The Labute approximate surface area is 174 Å². The van der Waals surface area contributed by atoms with Crippen molar-refractivity contribution in [3.05, 3.63) is 81.5 Å². The topological polar surface area (TPSA) is 150 Å². The van der Waals surface area contributed by atoms with Crippen molar-refractivity contribution < 1.29 is 23.8 Å². The quantitative estimate of drug-likeness (QED) is 0.587. The van der Waals surface area contributed by atoms with E-state index in [1.807, 2.05) is 6.07 Å². The van der Waals surface area contributed by atoms with Gasteiger partial charge >= 0.3 is 5.63 Å². The molecule has 2 aromatic carbocycles. The van der Waals surface area contributed by atoms with Crippen LogP contribution in [0.3, 0.4) is 0 Å². The fraction of sp³-hybridized carbons (Fsp3) is 0.0909. The number of ether oxygens (including phenoxy) is 1. The second kappa shape index (κ2) is 6.21. The molecule has 0 fully saturated rings. The molecule has 3 heterocycles. The zero-order valence-electron chi connectivity index (χ0n) is 15.7. The van der Waals surface area contributed by atoms with Gasteiger partial charge in [-0.3, -0.25) is 4.79 Å². The highest BCUT2D eigenvalue weighted by Crippen LogP contribution is 2.55. The highest BCUT2D eigenvalue weighted by Gasteiger charge is 2.61. The van der Waals surface area contributed by atoms with E-state index in [0.717, 1.165) is 4.90 Å². The third kappa shape index (κ3) is 2.21. The van der Waals surface area contributed by atoms with Crippen molar-refractivity contribution in [2.45, 2.75) is 5.41 Å². The van der Waals surface area contributed by atoms with Gasteiger partial charge in [0.05, 0.1) is 17.9 Å². The van der Waals surface area contributed by atoms with Gasteiger partial charge < -0.3 is 29.7 Å². The summed E-state index contributed by atoms with van der Waals surface area (Å²) >= 11 is 0. The molecule has 9 heteroatoms. The number of nitrogens with two attached hydrogens (primary N) is 1. The maximum atomic E-state index is 13.8. The molecule has 2 N–H and O–H groups in total. The first kappa shape index (κ1) is 18.4. The van der Waals surface area contributed by atoms with Crippen LogP contribution < -0.4 is 26.1 Å². The lowest BCUT2D eigenvalue weighted by molar-refractivity contribution is -0.303. The number of aliphatic carboxylic acids is 1. The third-order valence-electron chi connectivity index (χ3n) is 5.54. The number of amides is 1.